The van der Waals surface area contributed by atoms with E-state index in [4.69, 9.17) is 16.6 Å². The lowest BCUT2D eigenvalue weighted by Gasteiger charge is -2.21. The highest BCUT2D eigenvalue weighted by Crippen LogP contribution is 2.40. The van der Waals surface area contributed by atoms with Gasteiger partial charge in [-0.2, -0.15) is 5.10 Å². The fourth-order valence-electron chi connectivity index (χ4n) is 5.24. The van der Waals surface area contributed by atoms with E-state index in [1.807, 2.05) is 0 Å². The summed E-state index contributed by atoms with van der Waals surface area (Å²) in [5.41, 5.74) is 2.04. The van der Waals surface area contributed by atoms with E-state index >= 15 is 0 Å². The van der Waals surface area contributed by atoms with Crippen LogP contribution >= 0.6 is 11.6 Å². The number of amides is 1. The van der Waals surface area contributed by atoms with E-state index in [1.165, 1.54) is 18.5 Å². The van der Waals surface area contributed by atoms with Crippen molar-refractivity contribution < 1.29 is 30.4 Å². The van der Waals surface area contributed by atoms with Gasteiger partial charge in [0.25, 0.3) is 0 Å². The normalized spacial score (nSPS) is 14.4. The van der Waals surface area contributed by atoms with Crippen molar-refractivity contribution in [3.8, 4) is 23.0 Å². The van der Waals surface area contributed by atoms with Crippen LogP contribution in [0.25, 0.3) is 22.0 Å². The van der Waals surface area contributed by atoms with Gasteiger partial charge >= 0.3 is 0 Å². The summed E-state index contributed by atoms with van der Waals surface area (Å²) in [4.78, 5) is 16.6. The number of hydrogen-bond acceptors (Lipinski definition) is 7. The number of nitrogens with zero attached hydrogens (tertiary/aromatic N) is 3. The quantitative estimate of drug-likeness (QED) is 0.182. The van der Waals surface area contributed by atoms with Crippen molar-refractivity contribution in [1.29, 1.82) is 0 Å². The van der Waals surface area contributed by atoms with Gasteiger partial charge in [-0.05, 0) is 74.9 Å². The highest BCUT2D eigenvalue weighted by atomic mass is 35.5. The van der Waals surface area contributed by atoms with E-state index in [2.05, 4.69) is 27.0 Å². The fourth-order valence-corrected chi connectivity index (χ4v) is 7.76. The number of aryl methyl sites for hydroxylation is 1. The van der Waals surface area contributed by atoms with E-state index in [0.717, 1.165) is 24.5 Å². The summed E-state index contributed by atoms with van der Waals surface area (Å²) in [7, 11) is -5.64. The predicted octanol–water partition coefficient (Wildman–Crippen LogP) is 4.68. The minimum atomic E-state index is -3.72. The first-order valence-corrected chi connectivity index (χ1v) is 17.9. The summed E-state index contributed by atoms with van der Waals surface area (Å²) in [6.45, 7) is 3.07. The lowest BCUT2D eigenvalue weighted by molar-refractivity contribution is -0.110. The van der Waals surface area contributed by atoms with Crippen molar-refractivity contribution in [2.24, 2.45) is 7.05 Å². The van der Waals surface area contributed by atoms with Gasteiger partial charge in [-0.3, -0.25) is 14.2 Å². The molecule has 0 radical (unpaired) electrons. The van der Waals surface area contributed by atoms with E-state index in [9.17, 15) is 30.4 Å². The molecule has 5 rings (SSSR count). The Labute approximate surface area is 270 Å². The third-order valence-corrected chi connectivity index (χ3v) is 11.3. The van der Waals surface area contributed by atoms with E-state index in [-0.39, 0.29) is 34.2 Å². The maximum absolute atomic E-state index is 14.1. The summed E-state index contributed by atoms with van der Waals surface area (Å²) in [5, 5.41) is 7.10. The highest BCUT2D eigenvalue weighted by Gasteiger charge is 2.45. The summed E-state index contributed by atoms with van der Waals surface area (Å²) in [6, 6.07) is 8.56. The molecule has 1 atom stereocenters. The van der Waals surface area contributed by atoms with Crippen LogP contribution in [0.5, 0.6) is 0 Å². The first kappa shape index (κ1) is 33.3. The number of anilines is 1. The van der Waals surface area contributed by atoms with E-state index in [0.29, 0.717) is 41.3 Å². The van der Waals surface area contributed by atoms with Crippen LogP contribution in [-0.2, 0) is 38.1 Å². The van der Waals surface area contributed by atoms with Crippen molar-refractivity contribution in [3.05, 3.63) is 76.1 Å². The third-order valence-electron chi connectivity index (χ3n) is 7.56. The number of carbonyl (C=O) groups is 1. The number of hydrogen-bond donors (Lipinski definition) is 2. The molecule has 2 heterocycles. The van der Waals surface area contributed by atoms with E-state index < -0.39 is 47.5 Å². The topological polar surface area (TPSA) is 140 Å². The van der Waals surface area contributed by atoms with Crippen LogP contribution in [0.4, 0.5) is 14.6 Å². The number of pyridine rings is 1. The number of carbonyl (C=O) groups excluding carboxylic acids is 1. The van der Waals surface area contributed by atoms with Crippen LogP contribution in [0.15, 0.2) is 42.5 Å². The molecular formula is C31H30ClF2N5O5S2. The lowest BCUT2D eigenvalue weighted by Crippen LogP contribution is -2.33. The van der Waals surface area contributed by atoms with Crippen LogP contribution in [0.3, 0.4) is 0 Å². The average Bonchev–Trinajstić information content (AvgIpc) is 3.76. The monoisotopic (exact) mass is 689 g/mol. The number of sulfonamides is 1. The second-order valence-corrected chi connectivity index (χ2v) is 16.6. The van der Waals surface area contributed by atoms with E-state index in [1.54, 1.807) is 31.3 Å². The van der Waals surface area contributed by atoms with Crippen molar-refractivity contribution in [1.82, 2.24) is 20.1 Å². The number of nitrogens with one attached hydrogen (secondary N) is 2. The van der Waals surface area contributed by atoms with Crippen LogP contribution in [0, 0.1) is 23.5 Å². The van der Waals surface area contributed by atoms with Crippen molar-refractivity contribution in [2.45, 2.75) is 49.1 Å². The average molecular weight is 690 g/mol. The second-order valence-electron chi connectivity index (χ2n) is 11.6. The summed E-state index contributed by atoms with van der Waals surface area (Å²) < 4.78 is 80.8. The molecule has 1 amide bonds. The zero-order valence-corrected chi connectivity index (χ0v) is 27.6. The number of sulfone groups is 1. The molecule has 1 aliphatic rings. The van der Waals surface area contributed by atoms with Gasteiger partial charge in [0.1, 0.15) is 22.1 Å². The van der Waals surface area contributed by atoms with Crippen LogP contribution in [0.1, 0.15) is 49.7 Å². The van der Waals surface area contributed by atoms with Crippen molar-refractivity contribution >= 4 is 54.6 Å². The molecule has 1 aliphatic carbocycles. The van der Waals surface area contributed by atoms with Gasteiger partial charge in [-0.1, -0.05) is 23.6 Å². The Kier molecular flexibility index (Phi) is 8.89. The Morgan fingerprint density at radius 2 is 1.74 bits per heavy atom. The van der Waals surface area contributed by atoms with Crippen LogP contribution in [0.2, 0.25) is 5.02 Å². The molecular weight excluding hydrogens is 660 g/mol. The summed E-state index contributed by atoms with van der Waals surface area (Å²) in [6.07, 6.45) is 2.53. The molecule has 242 valence electrons. The Balaban J connectivity index is 1.72. The lowest BCUT2D eigenvalue weighted by atomic mass is 9.94. The maximum atomic E-state index is 14.1. The molecule has 0 spiro atoms. The van der Waals surface area contributed by atoms with Crippen LogP contribution < -0.4 is 10.0 Å². The maximum Gasteiger partial charge on any atom is 0.231 e. The Morgan fingerprint density at radius 3 is 2.35 bits per heavy atom. The Morgan fingerprint density at radius 1 is 1.09 bits per heavy atom. The highest BCUT2D eigenvalue weighted by molar-refractivity contribution is 7.93. The van der Waals surface area contributed by atoms with Gasteiger partial charge in [0.15, 0.2) is 15.7 Å². The van der Waals surface area contributed by atoms with Crippen LogP contribution in [-0.4, -0.2) is 54.3 Å². The number of fused-ring (bicyclic) bond motifs is 1. The Hall–Kier alpha value is -4.06. The predicted molar refractivity (Wildman–Crippen MR) is 172 cm³/mol. The number of halogens is 3. The SMILES string of the molecule is Cn1nc(NS(C)(=O)=O)c2c(Cl)ccc(-c3ccc(C#CC(C)(C)S(=O)(=O)C4CC4)nc3C(Cc3cc(F)cc(F)c3)NC=O)c21. The number of rotatable bonds is 10. The molecule has 2 aromatic carbocycles. The summed E-state index contributed by atoms with van der Waals surface area (Å²) >= 11 is 6.52. The molecule has 2 N–H and O–H groups in total. The molecule has 15 heteroatoms. The second kappa shape index (κ2) is 12.3. The molecule has 46 heavy (non-hydrogen) atoms. The zero-order valence-electron chi connectivity index (χ0n) is 25.2. The number of benzene rings is 2. The molecule has 2 aromatic heterocycles. The molecule has 4 aromatic rings. The van der Waals surface area contributed by atoms with Gasteiger partial charge in [0, 0.05) is 24.2 Å². The molecule has 10 nitrogen and oxygen atoms in total. The Bertz CT molecular complexity index is 2130. The first-order chi connectivity index (χ1) is 21.5. The minimum Gasteiger partial charge on any atom is -0.350 e. The third kappa shape index (κ3) is 6.86. The molecule has 0 saturated heterocycles. The van der Waals surface area contributed by atoms with Gasteiger partial charge in [-0.25, -0.2) is 30.6 Å². The summed E-state index contributed by atoms with van der Waals surface area (Å²) in [5.74, 6) is 4.11. The van der Waals surface area contributed by atoms with Gasteiger partial charge < -0.3 is 5.32 Å². The molecule has 1 saturated carbocycles. The van der Waals surface area contributed by atoms with Crippen molar-refractivity contribution in [2.75, 3.05) is 11.0 Å². The number of aromatic nitrogens is 3. The minimum absolute atomic E-state index is 0.000696. The van der Waals surface area contributed by atoms with Gasteiger partial charge in [0.2, 0.25) is 16.4 Å². The standard InChI is InChI=1S/C31H30ClF2N5O5S2/c1-31(2,46(43,44)22-6-7-22)12-11-21-5-8-23(28(36-21)26(35-17-40)15-18-13-19(33)16-20(34)14-18)24-9-10-25(32)27-29(24)39(3)37-30(27)38-45(4,41)42/h5,8-10,13-14,16-17,22,26H,6-7,15H2,1-4H3,(H,35,40)(H,37,38). The molecule has 1 unspecified atom stereocenters. The van der Waals surface area contributed by atoms with Gasteiger partial charge in [-0.15, -0.1) is 0 Å². The zero-order chi connectivity index (χ0) is 33.6. The first-order valence-electron chi connectivity index (χ1n) is 14.1. The molecule has 1 fully saturated rings. The molecule has 0 bridgehead atoms. The van der Waals surface area contributed by atoms with Crippen molar-refractivity contribution in [3.63, 3.8) is 0 Å². The van der Waals surface area contributed by atoms with Gasteiger partial charge in [0.05, 0.1) is 39.2 Å². The smallest absolute Gasteiger partial charge is 0.231 e. The molecule has 0 aliphatic heterocycles. The fraction of sp³-hybridized carbons (Fsp3) is 0.323. The largest absolute Gasteiger partial charge is 0.350 e.